The second kappa shape index (κ2) is 6.36. The molecule has 0 spiro atoms. The molecule has 2 heterocycles. The van der Waals surface area contributed by atoms with Gasteiger partial charge in [-0.3, -0.25) is 9.80 Å². The first-order valence-corrected chi connectivity index (χ1v) is 7.84. The molecule has 0 bridgehead atoms. The van der Waals surface area contributed by atoms with Crippen molar-refractivity contribution in [3.05, 3.63) is 0 Å². The van der Waals surface area contributed by atoms with Crippen molar-refractivity contribution >= 4 is 0 Å². The van der Waals surface area contributed by atoms with Crippen molar-refractivity contribution in [3.63, 3.8) is 0 Å². The molecule has 2 atom stereocenters. The molecule has 3 heteroatoms. The zero-order chi connectivity index (χ0) is 13.1. The average molecular weight is 253 g/mol. The summed E-state index contributed by atoms with van der Waals surface area (Å²) in [6.07, 6.45) is 2.79. The molecule has 0 radical (unpaired) electrons. The Hall–Kier alpha value is -0.120. The third-order valence-corrected chi connectivity index (χ3v) is 4.82. The Labute approximate surface area is 113 Å². The highest BCUT2D eigenvalue weighted by atomic mass is 15.3. The van der Waals surface area contributed by atoms with E-state index in [1.54, 1.807) is 0 Å². The highest BCUT2D eigenvalue weighted by Crippen LogP contribution is 2.20. The number of piperidine rings is 1. The van der Waals surface area contributed by atoms with E-state index in [2.05, 4.69) is 42.4 Å². The molecule has 2 fully saturated rings. The van der Waals surface area contributed by atoms with Crippen LogP contribution < -0.4 is 0 Å². The molecule has 0 aromatic rings. The van der Waals surface area contributed by atoms with Crippen molar-refractivity contribution in [2.24, 2.45) is 0 Å². The topological polar surface area (TPSA) is 9.72 Å². The quantitative estimate of drug-likeness (QED) is 0.760. The highest BCUT2D eigenvalue weighted by Gasteiger charge is 2.31. The molecule has 0 N–H and O–H groups in total. The minimum Gasteiger partial charge on any atom is -0.302 e. The maximum absolute atomic E-state index is 2.76. The first-order valence-electron chi connectivity index (χ1n) is 7.84. The summed E-state index contributed by atoms with van der Waals surface area (Å²) in [4.78, 5) is 8.02. The van der Waals surface area contributed by atoms with Gasteiger partial charge in [0.05, 0.1) is 0 Å². The third kappa shape index (κ3) is 3.25. The number of hydrogen-bond donors (Lipinski definition) is 0. The monoisotopic (exact) mass is 253 g/mol. The molecule has 0 aromatic heterocycles. The Morgan fingerprint density at radius 3 is 2.50 bits per heavy atom. The fraction of sp³-hybridized carbons (Fsp3) is 1.00. The van der Waals surface area contributed by atoms with Crippen LogP contribution >= 0.6 is 0 Å². The fourth-order valence-corrected chi connectivity index (χ4v) is 3.72. The van der Waals surface area contributed by atoms with Gasteiger partial charge in [0.15, 0.2) is 0 Å². The van der Waals surface area contributed by atoms with Crippen molar-refractivity contribution in [1.29, 1.82) is 0 Å². The van der Waals surface area contributed by atoms with Gasteiger partial charge in [0.1, 0.15) is 0 Å². The van der Waals surface area contributed by atoms with Gasteiger partial charge in [-0.1, -0.05) is 6.92 Å². The summed E-state index contributed by atoms with van der Waals surface area (Å²) in [5.41, 5.74) is 0. The van der Waals surface area contributed by atoms with E-state index in [1.807, 2.05) is 0 Å². The molecular formula is C15H31N3. The standard InChI is InChI=1S/C15H31N3/c1-5-16-8-6-7-15(12-16)17-9-10-18(13(2)3)14(4)11-17/h13-15H,5-12H2,1-4H3/t14-,15+/m1/s1. The van der Waals surface area contributed by atoms with Crippen LogP contribution in [0, 0.1) is 0 Å². The van der Waals surface area contributed by atoms with Gasteiger partial charge in [-0.05, 0) is 46.7 Å². The molecule has 3 nitrogen and oxygen atoms in total. The molecule has 0 aromatic carbocycles. The Morgan fingerprint density at radius 2 is 1.89 bits per heavy atom. The smallest absolute Gasteiger partial charge is 0.0224 e. The summed E-state index contributed by atoms with van der Waals surface area (Å²) in [5, 5.41) is 0. The van der Waals surface area contributed by atoms with E-state index < -0.39 is 0 Å². The predicted octanol–water partition coefficient (Wildman–Crippen LogP) is 1.89. The third-order valence-electron chi connectivity index (χ3n) is 4.82. The van der Waals surface area contributed by atoms with Crippen LogP contribution in [0.15, 0.2) is 0 Å². The van der Waals surface area contributed by atoms with Crippen LogP contribution in [0.4, 0.5) is 0 Å². The van der Waals surface area contributed by atoms with Crippen LogP contribution in [-0.2, 0) is 0 Å². The van der Waals surface area contributed by atoms with Crippen molar-refractivity contribution in [1.82, 2.24) is 14.7 Å². The lowest BCUT2D eigenvalue weighted by molar-refractivity contribution is 0.0140. The van der Waals surface area contributed by atoms with Crippen molar-refractivity contribution in [3.8, 4) is 0 Å². The molecule has 2 aliphatic rings. The van der Waals surface area contributed by atoms with E-state index in [0.717, 1.165) is 12.1 Å². The van der Waals surface area contributed by atoms with Crippen molar-refractivity contribution in [2.75, 3.05) is 39.3 Å². The van der Waals surface area contributed by atoms with Gasteiger partial charge in [0.25, 0.3) is 0 Å². The Balaban J connectivity index is 1.87. The number of piperazine rings is 1. The molecule has 2 aliphatic heterocycles. The van der Waals surface area contributed by atoms with Crippen LogP contribution in [0.5, 0.6) is 0 Å². The molecule has 18 heavy (non-hydrogen) atoms. The number of hydrogen-bond acceptors (Lipinski definition) is 3. The Morgan fingerprint density at radius 1 is 1.11 bits per heavy atom. The molecule has 0 unspecified atom stereocenters. The largest absolute Gasteiger partial charge is 0.302 e. The summed E-state index contributed by atoms with van der Waals surface area (Å²) < 4.78 is 0. The molecule has 2 rings (SSSR count). The maximum Gasteiger partial charge on any atom is 0.0224 e. The summed E-state index contributed by atoms with van der Waals surface area (Å²) >= 11 is 0. The van der Waals surface area contributed by atoms with Crippen molar-refractivity contribution < 1.29 is 0 Å². The van der Waals surface area contributed by atoms with Crippen LogP contribution in [0.3, 0.4) is 0 Å². The lowest BCUT2D eigenvalue weighted by atomic mass is 10.0. The second-order valence-corrected chi connectivity index (χ2v) is 6.36. The number of likely N-dealkylation sites (N-methyl/N-ethyl adjacent to an activating group) is 1. The SMILES string of the molecule is CCN1CCC[C@H](N2CCN(C(C)C)[C@H](C)C2)C1. The van der Waals surface area contributed by atoms with Crippen LogP contribution in [-0.4, -0.2) is 72.1 Å². The number of nitrogens with zero attached hydrogens (tertiary/aromatic N) is 3. The fourth-order valence-electron chi connectivity index (χ4n) is 3.72. The lowest BCUT2D eigenvalue weighted by Gasteiger charge is -2.47. The number of likely N-dealkylation sites (tertiary alicyclic amines) is 1. The van der Waals surface area contributed by atoms with Gasteiger partial charge < -0.3 is 4.90 Å². The summed E-state index contributed by atoms with van der Waals surface area (Å²) in [6.45, 7) is 17.0. The molecular weight excluding hydrogens is 222 g/mol. The van der Waals surface area contributed by atoms with E-state index in [0.29, 0.717) is 6.04 Å². The average Bonchev–Trinajstić information content (AvgIpc) is 2.38. The minimum atomic E-state index is 0.695. The van der Waals surface area contributed by atoms with E-state index in [-0.39, 0.29) is 0 Å². The summed E-state index contributed by atoms with van der Waals surface area (Å²) in [5.74, 6) is 0. The molecule has 0 aliphatic carbocycles. The highest BCUT2D eigenvalue weighted by molar-refractivity contribution is 4.87. The lowest BCUT2D eigenvalue weighted by Crippen LogP contribution is -2.59. The number of rotatable bonds is 3. The zero-order valence-electron chi connectivity index (χ0n) is 12.7. The first kappa shape index (κ1) is 14.3. The van der Waals surface area contributed by atoms with E-state index in [9.17, 15) is 0 Å². The van der Waals surface area contributed by atoms with E-state index in [1.165, 1.54) is 52.1 Å². The molecule has 106 valence electrons. The first-order chi connectivity index (χ1) is 8.61. The van der Waals surface area contributed by atoms with Gasteiger partial charge in [-0.2, -0.15) is 0 Å². The maximum atomic E-state index is 2.76. The van der Waals surface area contributed by atoms with Crippen molar-refractivity contribution in [2.45, 2.75) is 58.7 Å². The van der Waals surface area contributed by atoms with Gasteiger partial charge in [-0.15, -0.1) is 0 Å². The van der Waals surface area contributed by atoms with Gasteiger partial charge in [0, 0.05) is 44.3 Å². The Kier molecular flexibility index (Phi) is 5.05. The normalized spacial score (nSPS) is 33.2. The molecule has 0 amide bonds. The molecule has 2 saturated heterocycles. The zero-order valence-corrected chi connectivity index (χ0v) is 12.7. The Bertz CT molecular complexity index is 254. The predicted molar refractivity (Wildman–Crippen MR) is 78.0 cm³/mol. The summed E-state index contributed by atoms with van der Waals surface area (Å²) in [7, 11) is 0. The van der Waals surface area contributed by atoms with E-state index >= 15 is 0 Å². The van der Waals surface area contributed by atoms with Crippen LogP contribution in [0.2, 0.25) is 0 Å². The summed E-state index contributed by atoms with van der Waals surface area (Å²) in [6, 6.07) is 2.23. The van der Waals surface area contributed by atoms with Crippen LogP contribution in [0.25, 0.3) is 0 Å². The molecule has 0 saturated carbocycles. The van der Waals surface area contributed by atoms with Gasteiger partial charge in [-0.25, -0.2) is 0 Å². The van der Waals surface area contributed by atoms with Gasteiger partial charge >= 0.3 is 0 Å². The van der Waals surface area contributed by atoms with Gasteiger partial charge in [0.2, 0.25) is 0 Å². The second-order valence-electron chi connectivity index (χ2n) is 6.36. The van der Waals surface area contributed by atoms with E-state index in [4.69, 9.17) is 0 Å². The minimum absolute atomic E-state index is 0.695. The van der Waals surface area contributed by atoms with Crippen LogP contribution in [0.1, 0.15) is 40.5 Å².